The summed E-state index contributed by atoms with van der Waals surface area (Å²) in [4.78, 5) is 12.3. The van der Waals surface area contributed by atoms with Crippen LogP contribution in [-0.4, -0.2) is 31.8 Å². The maximum absolute atomic E-state index is 12.3. The lowest BCUT2D eigenvalue weighted by Gasteiger charge is -2.28. The van der Waals surface area contributed by atoms with E-state index in [1.165, 1.54) is 12.8 Å². The Balaban J connectivity index is 2.16. The summed E-state index contributed by atoms with van der Waals surface area (Å²) < 4.78 is 10.9. The van der Waals surface area contributed by atoms with Crippen LogP contribution in [0.3, 0.4) is 0 Å². The maximum atomic E-state index is 12.3. The van der Waals surface area contributed by atoms with Crippen molar-refractivity contribution in [3.8, 4) is 0 Å². The van der Waals surface area contributed by atoms with E-state index in [1.54, 1.807) is 7.11 Å². The molecule has 0 unspecified atom stereocenters. The molecule has 0 amide bonds. The van der Waals surface area contributed by atoms with Crippen LogP contribution in [0.5, 0.6) is 0 Å². The van der Waals surface area contributed by atoms with Crippen molar-refractivity contribution in [3.63, 3.8) is 0 Å². The van der Waals surface area contributed by atoms with Crippen molar-refractivity contribution in [1.29, 1.82) is 0 Å². The molecule has 0 heterocycles. The third-order valence-corrected chi connectivity index (χ3v) is 4.00. The zero-order valence-electron chi connectivity index (χ0n) is 12.9. The first-order valence-corrected chi connectivity index (χ1v) is 7.76. The number of benzene rings is 1. The van der Waals surface area contributed by atoms with Gasteiger partial charge in [0.1, 0.15) is 12.1 Å². The van der Waals surface area contributed by atoms with E-state index in [0.29, 0.717) is 12.6 Å². The molecule has 4 heteroatoms. The van der Waals surface area contributed by atoms with Gasteiger partial charge in [-0.2, -0.15) is 0 Å². The molecule has 1 aromatic carbocycles. The largest absolute Gasteiger partial charge is 0.465 e. The molecule has 0 aliphatic heterocycles. The minimum atomic E-state index is -0.458. The van der Waals surface area contributed by atoms with Gasteiger partial charge in [0, 0.05) is 13.2 Å². The maximum Gasteiger partial charge on any atom is 0.326 e. The molecule has 0 radical (unpaired) electrons. The first-order chi connectivity index (χ1) is 10.3. The zero-order chi connectivity index (χ0) is 15.1. The van der Waals surface area contributed by atoms with Gasteiger partial charge in [0.25, 0.3) is 0 Å². The molecule has 0 spiro atoms. The highest BCUT2D eigenvalue weighted by atomic mass is 16.5. The van der Waals surface area contributed by atoms with Gasteiger partial charge in [-0.15, -0.1) is 0 Å². The lowest BCUT2D eigenvalue weighted by Crippen LogP contribution is -2.47. The van der Waals surface area contributed by atoms with E-state index in [2.05, 4.69) is 5.32 Å². The number of ether oxygens (including phenoxy) is 2. The van der Waals surface area contributed by atoms with E-state index in [1.807, 2.05) is 37.3 Å². The van der Waals surface area contributed by atoms with Crippen molar-refractivity contribution < 1.29 is 14.3 Å². The predicted octanol–water partition coefficient (Wildman–Crippen LogP) is 2.84. The zero-order valence-corrected chi connectivity index (χ0v) is 12.9. The number of rotatable bonds is 7. The van der Waals surface area contributed by atoms with Gasteiger partial charge in [-0.05, 0) is 25.3 Å². The number of nitrogens with one attached hydrogen (secondary N) is 1. The van der Waals surface area contributed by atoms with Gasteiger partial charge in [-0.25, -0.2) is 0 Å². The molecule has 4 nitrogen and oxygen atoms in total. The Morgan fingerprint density at radius 1 is 1.29 bits per heavy atom. The molecular formula is C17H25NO3. The van der Waals surface area contributed by atoms with Gasteiger partial charge in [-0.1, -0.05) is 43.2 Å². The molecule has 2 atom stereocenters. The molecular weight excluding hydrogens is 266 g/mol. The van der Waals surface area contributed by atoms with Crippen LogP contribution < -0.4 is 5.32 Å². The van der Waals surface area contributed by atoms with E-state index in [4.69, 9.17) is 9.47 Å². The Kier molecular flexibility index (Phi) is 6.21. The van der Waals surface area contributed by atoms with Crippen LogP contribution >= 0.6 is 0 Å². The molecule has 1 fully saturated rings. The van der Waals surface area contributed by atoms with Crippen LogP contribution in [0.15, 0.2) is 30.3 Å². The Labute approximate surface area is 126 Å². The van der Waals surface area contributed by atoms with Crippen LogP contribution in [0.4, 0.5) is 0 Å². The normalized spacial score (nSPS) is 18.4. The van der Waals surface area contributed by atoms with E-state index >= 15 is 0 Å². The quantitative estimate of drug-likeness (QED) is 0.785. The lowest BCUT2D eigenvalue weighted by molar-refractivity contribution is -0.150. The molecule has 0 aromatic heterocycles. The summed E-state index contributed by atoms with van der Waals surface area (Å²) >= 11 is 0. The Morgan fingerprint density at radius 2 is 1.95 bits per heavy atom. The van der Waals surface area contributed by atoms with Gasteiger partial charge < -0.3 is 9.47 Å². The summed E-state index contributed by atoms with van der Waals surface area (Å²) in [6.07, 6.45) is 4.33. The summed E-state index contributed by atoms with van der Waals surface area (Å²) in [6.45, 7) is 2.21. The van der Waals surface area contributed by atoms with Crippen LogP contribution in [0.2, 0.25) is 0 Å². The molecule has 2 rings (SSSR count). The third kappa shape index (κ3) is 4.29. The van der Waals surface area contributed by atoms with Crippen molar-refractivity contribution in [2.24, 2.45) is 0 Å². The number of carbonyl (C=O) groups excluding carboxylic acids is 1. The second-order valence-corrected chi connectivity index (χ2v) is 5.44. The summed E-state index contributed by atoms with van der Waals surface area (Å²) in [5, 5.41) is 3.45. The van der Waals surface area contributed by atoms with Gasteiger partial charge in [0.05, 0.1) is 6.61 Å². The predicted molar refractivity (Wildman–Crippen MR) is 82.0 cm³/mol. The summed E-state index contributed by atoms with van der Waals surface area (Å²) in [7, 11) is 1.64. The number of hydrogen-bond donors (Lipinski definition) is 1. The lowest BCUT2D eigenvalue weighted by atomic mass is 10.0. The first-order valence-electron chi connectivity index (χ1n) is 7.76. The smallest absolute Gasteiger partial charge is 0.326 e. The van der Waals surface area contributed by atoms with E-state index in [0.717, 1.165) is 18.4 Å². The van der Waals surface area contributed by atoms with E-state index < -0.39 is 6.04 Å². The highest BCUT2D eigenvalue weighted by Crippen LogP contribution is 2.25. The summed E-state index contributed by atoms with van der Waals surface area (Å²) in [5.41, 5.74) is 0.989. The van der Waals surface area contributed by atoms with Gasteiger partial charge >= 0.3 is 5.97 Å². The molecule has 1 aliphatic rings. The van der Waals surface area contributed by atoms with Gasteiger partial charge in [0.2, 0.25) is 0 Å². The molecule has 116 valence electrons. The molecule has 1 saturated carbocycles. The minimum Gasteiger partial charge on any atom is -0.465 e. The van der Waals surface area contributed by atoms with Gasteiger partial charge in [-0.3, -0.25) is 10.1 Å². The number of carbonyl (C=O) groups is 1. The summed E-state index contributed by atoms with van der Waals surface area (Å²) in [5.74, 6) is -0.236. The fourth-order valence-corrected chi connectivity index (χ4v) is 2.96. The van der Waals surface area contributed by atoms with Crippen molar-refractivity contribution in [1.82, 2.24) is 5.32 Å². The van der Waals surface area contributed by atoms with Crippen LogP contribution in [0.1, 0.15) is 44.3 Å². The number of hydrogen-bond acceptors (Lipinski definition) is 4. The van der Waals surface area contributed by atoms with Crippen molar-refractivity contribution >= 4 is 5.97 Å². The topological polar surface area (TPSA) is 47.6 Å². The monoisotopic (exact) mass is 291 g/mol. The standard InChI is InChI=1S/C17H25NO3/c1-3-21-17(19)15(18-14-11-7-8-12-14)16(20-2)13-9-5-4-6-10-13/h4-6,9-10,14-16,18H,3,7-8,11-12H2,1-2H3/t15-,16-/m0/s1. The molecule has 1 N–H and O–H groups in total. The van der Waals surface area contributed by atoms with E-state index in [9.17, 15) is 4.79 Å². The SMILES string of the molecule is CCOC(=O)[C@@H](NC1CCCC1)[C@@H](OC)c1ccccc1. The highest BCUT2D eigenvalue weighted by Gasteiger charge is 2.33. The minimum absolute atomic E-state index is 0.236. The second kappa shape index (κ2) is 8.15. The fourth-order valence-electron chi connectivity index (χ4n) is 2.96. The Bertz CT molecular complexity index is 429. The van der Waals surface area contributed by atoms with Crippen LogP contribution in [0, 0.1) is 0 Å². The van der Waals surface area contributed by atoms with Crippen molar-refractivity contribution in [2.45, 2.75) is 50.8 Å². The average Bonchev–Trinajstić information content (AvgIpc) is 3.01. The van der Waals surface area contributed by atoms with Crippen LogP contribution in [0.25, 0.3) is 0 Å². The van der Waals surface area contributed by atoms with Gasteiger partial charge in [0.15, 0.2) is 0 Å². The first kappa shape index (κ1) is 16.0. The number of esters is 1. The number of methoxy groups -OCH3 is 1. The van der Waals surface area contributed by atoms with Crippen LogP contribution in [-0.2, 0) is 14.3 Å². The average molecular weight is 291 g/mol. The van der Waals surface area contributed by atoms with Crippen molar-refractivity contribution in [2.75, 3.05) is 13.7 Å². The summed E-state index contributed by atoms with van der Waals surface area (Å²) in [6, 6.07) is 9.76. The Morgan fingerprint density at radius 3 is 2.52 bits per heavy atom. The molecule has 21 heavy (non-hydrogen) atoms. The van der Waals surface area contributed by atoms with E-state index in [-0.39, 0.29) is 12.1 Å². The fraction of sp³-hybridized carbons (Fsp3) is 0.588. The molecule has 1 aromatic rings. The molecule has 1 aliphatic carbocycles. The highest BCUT2D eigenvalue weighted by molar-refractivity contribution is 5.77. The second-order valence-electron chi connectivity index (χ2n) is 5.44. The molecule has 0 bridgehead atoms. The van der Waals surface area contributed by atoms with Crippen molar-refractivity contribution in [3.05, 3.63) is 35.9 Å². The Hall–Kier alpha value is -1.39. The molecule has 0 saturated heterocycles. The third-order valence-electron chi connectivity index (χ3n) is 4.00.